The van der Waals surface area contributed by atoms with Gasteiger partial charge in [-0.05, 0) is 35.7 Å². The fourth-order valence-corrected chi connectivity index (χ4v) is 2.45. The zero-order chi connectivity index (χ0) is 13.2. The number of anilines is 1. The number of benzene rings is 2. The van der Waals surface area contributed by atoms with E-state index < -0.39 is 0 Å². The Bertz CT molecular complexity index is 685. The zero-order valence-electron chi connectivity index (χ0n) is 10.3. The predicted molar refractivity (Wildman–Crippen MR) is 72.7 cm³/mol. The van der Waals surface area contributed by atoms with Crippen LogP contribution in [0.4, 0.5) is 5.69 Å². The Labute approximate surface area is 111 Å². The van der Waals surface area contributed by atoms with Crippen LogP contribution in [0.2, 0.25) is 0 Å². The maximum Gasteiger partial charge on any atom is 0.232 e. The lowest BCUT2D eigenvalue weighted by Crippen LogP contribution is -2.28. The summed E-state index contributed by atoms with van der Waals surface area (Å²) in [6, 6.07) is 17.2. The summed E-state index contributed by atoms with van der Waals surface area (Å²) in [6.45, 7) is 0. The number of nitriles is 1. The summed E-state index contributed by atoms with van der Waals surface area (Å²) in [5.41, 5.74) is 3.50. The van der Waals surface area contributed by atoms with E-state index in [9.17, 15) is 4.79 Å². The number of hydrogen-bond acceptors (Lipinski definition) is 2. The first kappa shape index (κ1) is 11.5. The predicted octanol–water partition coefficient (Wildman–Crippen LogP) is 2.84. The molecule has 1 aliphatic rings. The molecule has 3 rings (SSSR count). The summed E-state index contributed by atoms with van der Waals surface area (Å²) in [7, 11) is 0. The Morgan fingerprint density at radius 3 is 2.84 bits per heavy atom. The van der Waals surface area contributed by atoms with Crippen LogP contribution in [0.5, 0.6) is 0 Å². The average molecular weight is 248 g/mol. The molecule has 0 saturated heterocycles. The topological polar surface area (TPSA) is 52.9 Å². The molecule has 3 nitrogen and oxygen atoms in total. The number of carbonyl (C=O) groups is 1. The second-order valence-corrected chi connectivity index (χ2v) is 4.64. The van der Waals surface area contributed by atoms with Crippen molar-refractivity contribution in [1.29, 1.82) is 5.26 Å². The Balaban J connectivity index is 1.98. The van der Waals surface area contributed by atoms with Crippen LogP contribution in [0.25, 0.3) is 0 Å². The van der Waals surface area contributed by atoms with Gasteiger partial charge in [0.2, 0.25) is 5.91 Å². The van der Waals surface area contributed by atoms with Gasteiger partial charge >= 0.3 is 0 Å². The number of nitrogens with zero attached hydrogens (tertiary/aromatic N) is 1. The molecule has 0 unspecified atom stereocenters. The van der Waals surface area contributed by atoms with Gasteiger partial charge in [-0.15, -0.1) is 0 Å². The van der Waals surface area contributed by atoms with E-state index in [0.717, 1.165) is 16.8 Å². The van der Waals surface area contributed by atoms with Gasteiger partial charge < -0.3 is 5.32 Å². The van der Waals surface area contributed by atoms with Gasteiger partial charge in [0.05, 0.1) is 17.6 Å². The van der Waals surface area contributed by atoms with E-state index in [1.807, 2.05) is 36.4 Å². The van der Waals surface area contributed by atoms with Crippen molar-refractivity contribution < 1.29 is 4.79 Å². The number of rotatable bonds is 1. The Morgan fingerprint density at radius 2 is 2.00 bits per heavy atom. The lowest BCUT2D eigenvalue weighted by molar-refractivity contribution is -0.117. The van der Waals surface area contributed by atoms with Gasteiger partial charge in [-0.25, -0.2) is 0 Å². The lowest BCUT2D eigenvalue weighted by Gasteiger charge is -2.24. The van der Waals surface area contributed by atoms with Gasteiger partial charge in [0.15, 0.2) is 0 Å². The van der Waals surface area contributed by atoms with Crippen LogP contribution < -0.4 is 5.32 Å². The molecule has 1 amide bonds. The first-order valence-electron chi connectivity index (χ1n) is 6.17. The largest absolute Gasteiger partial charge is 0.325 e. The molecule has 2 aromatic carbocycles. The van der Waals surface area contributed by atoms with Crippen molar-refractivity contribution in [1.82, 2.24) is 0 Å². The first-order chi connectivity index (χ1) is 9.28. The van der Waals surface area contributed by atoms with Crippen molar-refractivity contribution in [2.75, 3.05) is 5.32 Å². The molecule has 0 radical (unpaired) electrons. The Hall–Kier alpha value is -2.60. The maximum absolute atomic E-state index is 12.2. The zero-order valence-corrected chi connectivity index (χ0v) is 10.3. The lowest BCUT2D eigenvalue weighted by atomic mass is 9.87. The molecule has 1 atom stereocenters. The van der Waals surface area contributed by atoms with Crippen LogP contribution in [0.15, 0.2) is 48.5 Å². The minimum Gasteiger partial charge on any atom is -0.325 e. The van der Waals surface area contributed by atoms with Gasteiger partial charge in [0, 0.05) is 5.69 Å². The van der Waals surface area contributed by atoms with E-state index in [1.54, 1.807) is 12.1 Å². The van der Waals surface area contributed by atoms with Gasteiger partial charge in [-0.2, -0.15) is 5.26 Å². The Kier molecular flexibility index (Phi) is 2.77. The van der Waals surface area contributed by atoms with Crippen LogP contribution in [-0.4, -0.2) is 5.91 Å². The summed E-state index contributed by atoms with van der Waals surface area (Å²) < 4.78 is 0. The van der Waals surface area contributed by atoms with Crippen LogP contribution in [0.3, 0.4) is 0 Å². The van der Waals surface area contributed by atoms with Gasteiger partial charge in [-0.1, -0.05) is 30.3 Å². The molecule has 0 saturated carbocycles. The van der Waals surface area contributed by atoms with Crippen LogP contribution in [-0.2, 0) is 11.2 Å². The molecule has 19 heavy (non-hydrogen) atoms. The average Bonchev–Trinajstić information content (AvgIpc) is 2.46. The number of amides is 1. The summed E-state index contributed by atoms with van der Waals surface area (Å²) in [5.74, 6) is -0.225. The third-order valence-electron chi connectivity index (χ3n) is 3.43. The highest BCUT2D eigenvalue weighted by Gasteiger charge is 2.27. The van der Waals surface area contributed by atoms with Crippen LogP contribution in [0.1, 0.15) is 22.6 Å². The van der Waals surface area contributed by atoms with Crippen molar-refractivity contribution in [3.05, 3.63) is 65.2 Å². The summed E-state index contributed by atoms with van der Waals surface area (Å²) in [4.78, 5) is 12.2. The molecule has 0 bridgehead atoms. The summed E-state index contributed by atoms with van der Waals surface area (Å²) in [6.07, 6.45) is 0.677. The molecule has 1 N–H and O–H groups in total. The molecule has 0 aliphatic carbocycles. The van der Waals surface area contributed by atoms with E-state index in [4.69, 9.17) is 5.26 Å². The van der Waals surface area contributed by atoms with E-state index >= 15 is 0 Å². The van der Waals surface area contributed by atoms with Gasteiger partial charge in [-0.3, -0.25) is 4.79 Å². The van der Waals surface area contributed by atoms with E-state index in [0.29, 0.717) is 12.0 Å². The van der Waals surface area contributed by atoms with Crippen molar-refractivity contribution in [2.24, 2.45) is 0 Å². The van der Waals surface area contributed by atoms with Crippen LogP contribution in [0, 0.1) is 11.3 Å². The minimum absolute atomic E-state index is 0.00575. The number of hydrogen-bond donors (Lipinski definition) is 1. The van der Waals surface area contributed by atoms with Crippen molar-refractivity contribution in [3.8, 4) is 6.07 Å². The van der Waals surface area contributed by atoms with Crippen molar-refractivity contribution in [3.63, 3.8) is 0 Å². The number of nitrogens with one attached hydrogen (secondary N) is 1. The number of carbonyl (C=O) groups excluding carboxylic acids is 1. The summed E-state index contributed by atoms with van der Waals surface area (Å²) in [5, 5.41) is 11.9. The highest BCUT2D eigenvalue weighted by atomic mass is 16.1. The third-order valence-corrected chi connectivity index (χ3v) is 3.43. The highest BCUT2D eigenvalue weighted by Crippen LogP contribution is 2.31. The molecule has 0 fully saturated rings. The molecular formula is C16H12N2O. The third kappa shape index (κ3) is 2.09. The SMILES string of the molecule is N#Cc1cccc([C@@H]2Cc3ccccc3NC2=O)c1. The number of fused-ring (bicyclic) bond motifs is 1. The van der Waals surface area contributed by atoms with Crippen molar-refractivity contribution in [2.45, 2.75) is 12.3 Å². The minimum atomic E-state index is -0.219. The maximum atomic E-state index is 12.2. The normalized spacial score (nSPS) is 17.2. The first-order valence-corrected chi connectivity index (χ1v) is 6.17. The molecule has 92 valence electrons. The number of para-hydroxylation sites is 1. The second-order valence-electron chi connectivity index (χ2n) is 4.64. The quantitative estimate of drug-likeness (QED) is 0.843. The second kappa shape index (κ2) is 4.58. The molecule has 1 aliphatic heterocycles. The fourth-order valence-electron chi connectivity index (χ4n) is 2.45. The van der Waals surface area contributed by atoms with E-state index in [1.165, 1.54) is 0 Å². The van der Waals surface area contributed by atoms with Gasteiger partial charge in [0.25, 0.3) is 0 Å². The van der Waals surface area contributed by atoms with Crippen LogP contribution >= 0.6 is 0 Å². The standard InChI is InChI=1S/C16H12N2O/c17-10-11-4-3-6-12(8-11)14-9-13-5-1-2-7-15(13)18-16(14)19/h1-8,14H,9H2,(H,18,19)/t14-/m0/s1. The molecule has 2 aromatic rings. The molecule has 3 heteroatoms. The molecule has 0 spiro atoms. The smallest absolute Gasteiger partial charge is 0.232 e. The van der Waals surface area contributed by atoms with Gasteiger partial charge in [0.1, 0.15) is 0 Å². The molecular weight excluding hydrogens is 236 g/mol. The monoisotopic (exact) mass is 248 g/mol. The Morgan fingerprint density at radius 1 is 1.16 bits per heavy atom. The molecule has 0 aromatic heterocycles. The highest BCUT2D eigenvalue weighted by molar-refractivity contribution is 5.98. The van der Waals surface area contributed by atoms with E-state index in [-0.39, 0.29) is 11.8 Å². The summed E-state index contributed by atoms with van der Waals surface area (Å²) >= 11 is 0. The van der Waals surface area contributed by atoms with Crippen molar-refractivity contribution >= 4 is 11.6 Å². The van der Waals surface area contributed by atoms with E-state index in [2.05, 4.69) is 11.4 Å². The molecule has 1 heterocycles. The fraction of sp³-hybridized carbons (Fsp3) is 0.125.